The van der Waals surface area contributed by atoms with E-state index in [-0.39, 0.29) is 18.8 Å². The van der Waals surface area contributed by atoms with E-state index in [1.807, 2.05) is 0 Å². The van der Waals surface area contributed by atoms with Gasteiger partial charge in [0, 0.05) is 13.5 Å². The number of aliphatic hydroxyl groups is 1. The molecule has 1 aliphatic rings. The van der Waals surface area contributed by atoms with Crippen LogP contribution < -0.4 is 0 Å². The van der Waals surface area contributed by atoms with Crippen molar-refractivity contribution in [3.8, 4) is 12.3 Å². The van der Waals surface area contributed by atoms with Crippen LogP contribution in [0, 0.1) is 12.3 Å². The molecule has 13 heavy (non-hydrogen) atoms. The molecule has 72 valence electrons. The minimum atomic E-state index is -0.635. The Labute approximate surface area is 78.3 Å². The van der Waals surface area contributed by atoms with E-state index in [0.29, 0.717) is 6.42 Å². The van der Waals surface area contributed by atoms with Gasteiger partial charge in [0.25, 0.3) is 0 Å². The Morgan fingerprint density at radius 2 is 2.62 bits per heavy atom. The second-order valence-corrected chi connectivity index (χ2v) is 3.04. The fourth-order valence-corrected chi connectivity index (χ4v) is 1.33. The van der Waals surface area contributed by atoms with Crippen LogP contribution >= 0.6 is 0 Å². The summed E-state index contributed by atoms with van der Waals surface area (Å²) < 4.78 is 10.3. The van der Waals surface area contributed by atoms with Crippen LogP contribution in [-0.2, 0) is 9.47 Å². The molecule has 0 spiro atoms. The predicted octanol–water partition coefficient (Wildman–Crippen LogP) is 0.341. The van der Waals surface area contributed by atoms with Crippen LogP contribution in [0.1, 0.15) is 6.42 Å². The first-order valence-electron chi connectivity index (χ1n) is 4.14. The van der Waals surface area contributed by atoms with E-state index in [4.69, 9.17) is 21.0 Å². The summed E-state index contributed by atoms with van der Waals surface area (Å²) in [4.78, 5) is 0. The Bertz CT molecular complexity index is 231. The van der Waals surface area contributed by atoms with Crippen molar-refractivity contribution in [2.45, 2.75) is 24.2 Å². The molecule has 1 saturated heterocycles. The number of ether oxygens (including phenoxy) is 2. The molecule has 0 saturated carbocycles. The highest BCUT2D eigenvalue weighted by Crippen LogP contribution is 2.40. The van der Waals surface area contributed by atoms with Crippen molar-refractivity contribution in [3.05, 3.63) is 12.7 Å². The van der Waals surface area contributed by atoms with Crippen LogP contribution in [0.25, 0.3) is 0 Å². The Kier molecular flexibility index (Phi) is 3.10. The smallest absolute Gasteiger partial charge is 0.160 e. The summed E-state index contributed by atoms with van der Waals surface area (Å²) in [6, 6.07) is 0. The number of hydrogen-bond acceptors (Lipinski definition) is 3. The van der Waals surface area contributed by atoms with Gasteiger partial charge in [0.15, 0.2) is 5.60 Å². The molecule has 0 amide bonds. The van der Waals surface area contributed by atoms with Crippen LogP contribution in [0.5, 0.6) is 0 Å². The van der Waals surface area contributed by atoms with Crippen molar-refractivity contribution in [3.63, 3.8) is 0 Å². The third-order valence-electron chi connectivity index (χ3n) is 2.30. The maximum absolute atomic E-state index is 8.84. The monoisotopic (exact) mass is 182 g/mol. The maximum atomic E-state index is 8.84. The van der Waals surface area contributed by atoms with E-state index in [1.165, 1.54) is 0 Å². The molecule has 1 fully saturated rings. The molecule has 1 rings (SSSR count). The number of terminal acetylenes is 1. The standard InChI is InChI=1S/C10H14O3/c1-4-8(12-3)6-10(5-2)9(7-11)13-10/h2,4,8-9,11H,1,6-7H2,3H3/t8-,9-,10-/m0/s1. The second kappa shape index (κ2) is 3.93. The molecule has 3 nitrogen and oxygen atoms in total. The summed E-state index contributed by atoms with van der Waals surface area (Å²) in [5, 5.41) is 8.84. The van der Waals surface area contributed by atoms with Crippen LogP contribution in [0.4, 0.5) is 0 Å². The zero-order valence-corrected chi connectivity index (χ0v) is 7.69. The van der Waals surface area contributed by atoms with Gasteiger partial charge in [-0.25, -0.2) is 0 Å². The fraction of sp³-hybridized carbons (Fsp3) is 0.600. The lowest BCUT2D eigenvalue weighted by atomic mass is 9.98. The van der Waals surface area contributed by atoms with E-state index in [0.717, 1.165) is 0 Å². The highest BCUT2D eigenvalue weighted by Gasteiger charge is 2.55. The molecular weight excluding hydrogens is 168 g/mol. The molecule has 3 heteroatoms. The first-order chi connectivity index (χ1) is 6.22. The third kappa shape index (κ3) is 1.92. The third-order valence-corrected chi connectivity index (χ3v) is 2.30. The molecule has 0 aromatic heterocycles. The van der Waals surface area contributed by atoms with Gasteiger partial charge in [-0.05, 0) is 0 Å². The Morgan fingerprint density at radius 1 is 1.92 bits per heavy atom. The normalized spacial score (nSPS) is 33.5. The lowest BCUT2D eigenvalue weighted by Crippen LogP contribution is -2.22. The van der Waals surface area contributed by atoms with Crippen LogP contribution in [-0.4, -0.2) is 36.6 Å². The molecule has 0 aromatic carbocycles. The zero-order chi connectivity index (χ0) is 9.90. The van der Waals surface area contributed by atoms with Crippen molar-refractivity contribution < 1.29 is 14.6 Å². The summed E-state index contributed by atoms with van der Waals surface area (Å²) in [7, 11) is 1.59. The SMILES string of the molecule is C#C[C@@]1(C[C@H](C=C)OC)O[C@H]1CO. The van der Waals surface area contributed by atoms with E-state index >= 15 is 0 Å². The summed E-state index contributed by atoms with van der Waals surface area (Å²) >= 11 is 0. The van der Waals surface area contributed by atoms with Gasteiger partial charge in [0.05, 0.1) is 12.7 Å². The minimum Gasteiger partial charge on any atom is -0.394 e. The number of methoxy groups -OCH3 is 1. The van der Waals surface area contributed by atoms with E-state index < -0.39 is 5.60 Å². The van der Waals surface area contributed by atoms with Gasteiger partial charge in [0.1, 0.15) is 6.10 Å². The number of hydrogen-bond donors (Lipinski definition) is 1. The quantitative estimate of drug-likeness (QED) is 0.379. The van der Waals surface area contributed by atoms with Crippen molar-refractivity contribution in [2.24, 2.45) is 0 Å². The second-order valence-electron chi connectivity index (χ2n) is 3.04. The molecular formula is C10H14O3. The summed E-state index contributed by atoms with van der Waals surface area (Å²) in [5.74, 6) is 2.54. The van der Waals surface area contributed by atoms with E-state index in [9.17, 15) is 0 Å². The highest BCUT2D eigenvalue weighted by molar-refractivity contribution is 5.23. The van der Waals surface area contributed by atoms with Gasteiger partial charge in [-0.1, -0.05) is 12.0 Å². The summed E-state index contributed by atoms with van der Waals surface area (Å²) in [6.45, 7) is 3.57. The van der Waals surface area contributed by atoms with Crippen LogP contribution in [0.3, 0.4) is 0 Å². The minimum absolute atomic E-state index is 0.0439. The summed E-state index contributed by atoms with van der Waals surface area (Å²) in [5.41, 5.74) is -0.635. The van der Waals surface area contributed by atoms with Crippen molar-refractivity contribution in [1.29, 1.82) is 0 Å². The van der Waals surface area contributed by atoms with Gasteiger partial charge in [-0.3, -0.25) is 0 Å². The molecule has 0 bridgehead atoms. The molecule has 0 aromatic rings. The van der Waals surface area contributed by atoms with Crippen molar-refractivity contribution in [2.75, 3.05) is 13.7 Å². The zero-order valence-electron chi connectivity index (χ0n) is 7.69. The first-order valence-corrected chi connectivity index (χ1v) is 4.14. The number of epoxide rings is 1. The van der Waals surface area contributed by atoms with Crippen molar-refractivity contribution in [1.82, 2.24) is 0 Å². The lowest BCUT2D eigenvalue weighted by Gasteiger charge is -2.12. The Morgan fingerprint density at radius 3 is 2.92 bits per heavy atom. The average Bonchev–Trinajstić information content (AvgIpc) is 2.89. The van der Waals surface area contributed by atoms with Crippen LogP contribution in [0.15, 0.2) is 12.7 Å². The van der Waals surface area contributed by atoms with Crippen LogP contribution in [0.2, 0.25) is 0 Å². The molecule has 3 atom stereocenters. The first kappa shape index (κ1) is 10.3. The van der Waals surface area contributed by atoms with Gasteiger partial charge >= 0.3 is 0 Å². The largest absolute Gasteiger partial charge is 0.394 e. The van der Waals surface area contributed by atoms with Crippen molar-refractivity contribution >= 4 is 0 Å². The van der Waals surface area contributed by atoms with Gasteiger partial charge < -0.3 is 14.6 Å². The maximum Gasteiger partial charge on any atom is 0.160 e. The molecule has 1 aliphatic heterocycles. The number of aliphatic hydroxyl groups excluding tert-OH is 1. The topological polar surface area (TPSA) is 42.0 Å². The molecule has 1 N–H and O–H groups in total. The molecule has 1 heterocycles. The van der Waals surface area contributed by atoms with Gasteiger partial charge in [-0.2, -0.15) is 0 Å². The van der Waals surface area contributed by atoms with E-state index in [1.54, 1.807) is 13.2 Å². The number of rotatable bonds is 5. The highest BCUT2D eigenvalue weighted by atomic mass is 16.6. The average molecular weight is 182 g/mol. The molecule has 0 unspecified atom stereocenters. The lowest BCUT2D eigenvalue weighted by molar-refractivity contribution is 0.116. The van der Waals surface area contributed by atoms with Gasteiger partial charge in [0.2, 0.25) is 0 Å². The van der Waals surface area contributed by atoms with Gasteiger partial charge in [-0.15, -0.1) is 13.0 Å². The fourth-order valence-electron chi connectivity index (χ4n) is 1.33. The van der Waals surface area contributed by atoms with E-state index in [2.05, 4.69) is 12.5 Å². The summed E-state index contributed by atoms with van der Waals surface area (Å²) in [6.07, 6.45) is 7.18. The Balaban J connectivity index is 2.52. The molecule has 0 aliphatic carbocycles. The predicted molar refractivity (Wildman–Crippen MR) is 49.1 cm³/mol. The molecule has 0 radical (unpaired) electrons. The Hall–Kier alpha value is -0.820.